The van der Waals surface area contributed by atoms with Gasteiger partial charge in [0.1, 0.15) is 11.6 Å². The number of rotatable bonds is 4. The second-order valence-electron chi connectivity index (χ2n) is 6.14. The zero-order valence-corrected chi connectivity index (χ0v) is 15.2. The van der Waals surface area contributed by atoms with Gasteiger partial charge in [-0.25, -0.2) is 4.98 Å². The predicted molar refractivity (Wildman–Crippen MR) is 107 cm³/mol. The largest absolute Gasteiger partial charge is 0.495 e. The minimum absolute atomic E-state index is 0.0868. The highest BCUT2D eigenvalue weighted by atomic mass is 16.5. The van der Waals surface area contributed by atoms with Gasteiger partial charge in [-0.3, -0.25) is 14.3 Å². The molecule has 2 heterocycles. The molecule has 134 valence electrons. The molecule has 0 bridgehead atoms. The Morgan fingerprint density at radius 1 is 1.00 bits per heavy atom. The van der Waals surface area contributed by atoms with E-state index in [1.54, 1.807) is 17.9 Å². The van der Waals surface area contributed by atoms with Gasteiger partial charge in [0.25, 0.3) is 5.56 Å². The number of pyridine rings is 1. The molecule has 0 saturated carbocycles. The summed E-state index contributed by atoms with van der Waals surface area (Å²) in [5.41, 5.74) is 2.88. The Morgan fingerprint density at radius 3 is 2.48 bits per heavy atom. The topological polar surface area (TPSA) is 57.0 Å². The van der Waals surface area contributed by atoms with Crippen molar-refractivity contribution in [3.63, 3.8) is 0 Å². The van der Waals surface area contributed by atoms with Gasteiger partial charge in [0.2, 0.25) is 0 Å². The van der Waals surface area contributed by atoms with Crippen molar-refractivity contribution in [2.45, 2.75) is 13.3 Å². The van der Waals surface area contributed by atoms with Gasteiger partial charge in [0.15, 0.2) is 0 Å². The minimum atomic E-state index is -0.0868. The van der Waals surface area contributed by atoms with Crippen molar-refractivity contribution in [1.82, 2.24) is 14.5 Å². The summed E-state index contributed by atoms with van der Waals surface area (Å²) in [5.74, 6) is 1.41. The fourth-order valence-corrected chi connectivity index (χ4v) is 3.23. The first kappa shape index (κ1) is 17.0. The number of hydrogen-bond acceptors (Lipinski definition) is 4. The molecule has 2 aromatic carbocycles. The van der Waals surface area contributed by atoms with E-state index in [4.69, 9.17) is 9.72 Å². The van der Waals surface area contributed by atoms with Crippen molar-refractivity contribution in [3.8, 4) is 22.7 Å². The van der Waals surface area contributed by atoms with Crippen LogP contribution in [0.25, 0.3) is 27.8 Å². The molecule has 0 aliphatic carbocycles. The quantitative estimate of drug-likeness (QED) is 0.553. The maximum absolute atomic E-state index is 13.5. The first-order valence-electron chi connectivity index (χ1n) is 8.83. The Bertz CT molecular complexity index is 1150. The molecule has 0 saturated heterocycles. The monoisotopic (exact) mass is 357 g/mol. The van der Waals surface area contributed by atoms with Crippen LogP contribution in [0.3, 0.4) is 0 Å². The Kier molecular flexibility index (Phi) is 4.42. The van der Waals surface area contributed by atoms with Gasteiger partial charge in [-0.1, -0.05) is 37.3 Å². The molecule has 0 aliphatic heterocycles. The van der Waals surface area contributed by atoms with Gasteiger partial charge in [0, 0.05) is 12.0 Å². The molecule has 0 atom stereocenters. The lowest BCUT2D eigenvalue weighted by atomic mass is 10.1. The number of para-hydroxylation sites is 1. The van der Waals surface area contributed by atoms with E-state index in [0.29, 0.717) is 28.8 Å². The first-order valence-corrected chi connectivity index (χ1v) is 8.83. The molecular formula is C22H19N3O2. The van der Waals surface area contributed by atoms with E-state index in [1.165, 1.54) is 0 Å². The number of methoxy groups -OCH3 is 1. The van der Waals surface area contributed by atoms with Crippen molar-refractivity contribution >= 4 is 10.9 Å². The molecule has 4 aromatic rings. The Labute approximate surface area is 156 Å². The van der Waals surface area contributed by atoms with Crippen LogP contribution >= 0.6 is 0 Å². The highest BCUT2D eigenvalue weighted by molar-refractivity contribution is 5.93. The lowest BCUT2D eigenvalue weighted by molar-refractivity contribution is 0.413. The number of aryl methyl sites for hydroxylation is 1. The van der Waals surface area contributed by atoms with Crippen LogP contribution in [0.15, 0.2) is 71.7 Å². The summed E-state index contributed by atoms with van der Waals surface area (Å²) in [6.45, 7) is 2.00. The van der Waals surface area contributed by atoms with Gasteiger partial charge in [0.05, 0.1) is 35.6 Å². The molecule has 2 aromatic heterocycles. The van der Waals surface area contributed by atoms with Crippen LogP contribution in [-0.4, -0.2) is 21.6 Å². The fraction of sp³-hybridized carbons (Fsp3) is 0.136. The highest BCUT2D eigenvalue weighted by Crippen LogP contribution is 2.26. The summed E-state index contributed by atoms with van der Waals surface area (Å²) in [6.07, 6.45) is 2.31. The van der Waals surface area contributed by atoms with Crippen LogP contribution in [0, 0.1) is 0 Å². The maximum atomic E-state index is 13.5. The van der Waals surface area contributed by atoms with E-state index in [0.717, 1.165) is 17.1 Å². The molecule has 5 nitrogen and oxygen atoms in total. The van der Waals surface area contributed by atoms with Crippen LogP contribution in [0.2, 0.25) is 0 Å². The van der Waals surface area contributed by atoms with E-state index < -0.39 is 0 Å². The summed E-state index contributed by atoms with van der Waals surface area (Å²) >= 11 is 0. The van der Waals surface area contributed by atoms with Crippen LogP contribution in [-0.2, 0) is 6.42 Å². The van der Waals surface area contributed by atoms with E-state index in [2.05, 4.69) is 4.98 Å². The number of benzene rings is 2. The summed E-state index contributed by atoms with van der Waals surface area (Å²) < 4.78 is 6.87. The van der Waals surface area contributed by atoms with E-state index in [1.807, 2.05) is 67.6 Å². The normalized spacial score (nSPS) is 10.9. The van der Waals surface area contributed by atoms with E-state index in [9.17, 15) is 4.79 Å². The second kappa shape index (κ2) is 7.03. The van der Waals surface area contributed by atoms with Crippen molar-refractivity contribution in [1.29, 1.82) is 0 Å². The third kappa shape index (κ3) is 2.97. The van der Waals surface area contributed by atoms with Crippen molar-refractivity contribution in [2.75, 3.05) is 7.11 Å². The molecular weight excluding hydrogens is 338 g/mol. The average Bonchev–Trinajstić information content (AvgIpc) is 2.73. The molecule has 0 amide bonds. The average molecular weight is 357 g/mol. The SMILES string of the molecule is CCc1nc2cccc(-c3ccc(OC)cn3)c2c(=O)n1-c1ccccc1. The van der Waals surface area contributed by atoms with Gasteiger partial charge in [-0.05, 0) is 30.3 Å². The van der Waals surface area contributed by atoms with Crippen LogP contribution in [0.1, 0.15) is 12.7 Å². The van der Waals surface area contributed by atoms with E-state index in [-0.39, 0.29) is 5.56 Å². The zero-order chi connectivity index (χ0) is 18.8. The van der Waals surface area contributed by atoms with Crippen molar-refractivity contribution in [2.24, 2.45) is 0 Å². The third-order valence-corrected chi connectivity index (χ3v) is 4.55. The summed E-state index contributed by atoms with van der Waals surface area (Å²) in [4.78, 5) is 22.7. The number of nitrogens with zero attached hydrogens (tertiary/aromatic N) is 3. The molecule has 5 heteroatoms. The third-order valence-electron chi connectivity index (χ3n) is 4.55. The predicted octanol–water partition coefficient (Wildman–Crippen LogP) is 4.02. The summed E-state index contributed by atoms with van der Waals surface area (Å²) in [7, 11) is 1.60. The Balaban J connectivity index is 2.03. The van der Waals surface area contributed by atoms with Gasteiger partial charge in [-0.15, -0.1) is 0 Å². The Hall–Kier alpha value is -3.47. The fourth-order valence-electron chi connectivity index (χ4n) is 3.23. The standard InChI is InChI=1S/C22H19N3O2/c1-3-20-24-19-11-7-10-17(18-13-12-16(27-2)14-23-18)21(19)22(26)25(20)15-8-5-4-6-9-15/h4-14H,3H2,1-2H3. The van der Waals surface area contributed by atoms with Crippen molar-refractivity contribution in [3.05, 3.63) is 83.0 Å². The second-order valence-corrected chi connectivity index (χ2v) is 6.14. The number of fused-ring (bicyclic) bond motifs is 1. The Morgan fingerprint density at radius 2 is 1.81 bits per heavy atom. The van der Waals surface area contributed by atoms with Crippen LogP contribution in [0.5, 0.6) is 5.75 Å². The van der Waals surface area contributed by atoms with Gasteiger partial charge in [-0.2, -0.15) is 0 Å². The maximum Gasteiger partial charge on any atom is 0.266 e. The molecule has 0 N–H and O–H groups in total. The van der Waals surface area contributed by atoms with Gasteiger partial charge < -0.3 is 4.74 Å². The zero-order valence-electron chi connectivity index (χ0n) is 15.2. The molecule has 4 rings (SSSR count). The van der Waals surface area contributed by atoms with Crippen LogP contribution in [0.4, 0.5) is 0 Å². The molecule has 0 unspecified atom stereocenters. The minimum Gasteiger partial charge on any atom is -0.495 e. The molecule has 0 radical (unpaired) electrons. The van der Waals surface area contributed by atoms with Gasteiger partial charge >= 0.3 is 0 Å². The van der Waals surface area contributed by atoms with E-state index >= 15 is 0 Å². The number of hydrogen-bond donors (Lipinski definition) is 0. The lowest BCUT2D eigenvalue weighted by Gasteiger charge is -2.14. The molecule has 0 aliphatic rings. The highest BCUT2D eigenvalue weighted by Gasteiger charge is 2.16. The molecule has 27 heavy (non-hydrogen) atoms. The van der Waals surface area contributed by atoms with Crippen LogP contribution < -0.4 is 10.3 Å². The summed E-state index contributed by atoms with van der Waals surface area (Å²) in [6, 6.07) is 19.0. The molecule has 0 fully saturated rings. The number of aromatic nitrogens is 3. The van der Waals surface area contributed by atoms with Crippen molar-refractivity contribution < 1.29 is 4.74 Å². The lowest BCUT2D eigenvalue weighted by Crippen LogP contribution is -2.24. The number of ether oxygens (including phenoxy) is 1. The first-order chi connectivity index (χ1) is 13.2. The molecule has 0 spiro atoms. The smallest absolute Gasteiger partial charge is 0.266 e. The summed E-state index contributed by atoms with van der Waals surface area (Å²) in [5, 5.41) is 0.566.